The van der Waals surface area contributed by atoms with Crippen molar-refractivity contribution in [3.05, 3.63) is 0 Å². The van der Waals surface area contributed by atoms with E-state index in [1.54, 1.807) is 0 Å². The number of amides is 2. The van der Waals surface area contributed by atoms with Crippen molar-refractivity contribution in [3.8, 4) is 0 Å². The molecule has 0 spiro atoms. The number of aldehydes is 1. The van der Waals surface area contributed by atoms with E-state index in [0.29, 0.717) is 6.29 Å². The second-order valence-electron chi connectivity index (χ2n) is 1.71. The smallest absolute Gasteiger partial charge is 0.303 e. The van der Waals surface area contributed by atoms with E-state index in [4.69, 9.17) is 0 Å². The Labute approximate surface area is 61.0 Å². The van der Waals surface area contributed by atoms with E-state index in [1.165, 1.54) is 0 Å². The molecule has 0 aliphatic carbocycles. The average molecular weight is 153 g/mol. The van der Waals surface area contributed by atoms with Gasteiger partial charge in [-0.1, -0.05) is 0 Å². The second kappa shape index (κ2) is 2.91. The monoisotopic (exact) mass is 153 g/mol. The Balaban J connectivity index is 2.79. The first kappa shape index (κ1) is 7.39. The molecular formula is C5H3N3O3. The molecule has 0 bridgehead atoms. The number of nitrogens with zero attached hydrogens (tertiary/aromatic N) is 3. The van der Waals surface area contributed by atoms with Crippen LogP contribution in [0.1, 0.15) is 6.42 Å². The van der Waals surface area contributed by atoms with Gasteiger partial charge in [0.15, 0.2) is 5.84 Å². The molecule has 1 rings (SSSR count). The SMILES string of the molecule is O=CCC1=NC(=O)C(=O)N=N1. The molecule has 0 unspecified atom stereocenters. The van der Waals surface area contributed by atoms with Gasteiger partial charge in [0, 0.05) is 0 Å². The van der Waals surface area contributed by atoms with Gasteiger partial charge in [0.05, 0.1) is 6.42 Å². The molecule has 0 aromatic carbocycles. The van der Waals surface area contributed by atoms with Crippen molar-refractivity contribution in [3.63, 3.8) is 0 Å². The van der Waals surface area contributed by atoms with Gasteiger partial charge in [-0.3, -0.25) is 9.59 Å². The van der Waals surface area contributed by atoms with Crippen LogP contribution in [0, 0.1) is 0 Å². The van der Waals surface area contributed by atoms with E-state index in [9.17, 15) is 14.4 Å². The van der Waals surface area contributed by atoms with Crippen LogP contribution in [-0.4, -0.2) is 23.9 Å². The molecule has 0 radical (unpaired) electrons. The molecule has 0 saturated heterocycles. The number of hydrogen-bond donors (Lipinski definition) is 0. The van der Waals surface area contributed by atoms with E-state index in [0.717, 1.165) is 0 Å². The predicted octanol–water partition coefficient (Wildman–Crippen LogP) is -0.507. The van der Waals surface area contributed by atoms with Gasteiger partial charge in [-0.25, -0.2) is 0 Å². The van der Waals surface area contributed by atoms with Crippen molar-refractivity contribution in [2.24, 2.45) is 15.2 Å². The summed E-state index contributed by atoms with van der Waals surface area (Å²) in [4.78, 5) is 33.9. The topological polar surface area (TPSA) is 88.3 Å². The number of amidine groups is 1. The fourth-order valence-electron chi connectivity index (χ4n) is 0.494. The van der Waals surface area contributed by atoms with Crippen molar-refractivity contribution in [2.75, 3.05) is 0 Å². The van der Waals surface area contributed by atoms with Gasteiger partial charge in [-0.2, -0.15) is 4.99 Å². The lowest BCUT2D eigenvalue weighted by atomic mass is 10.4. The fourth-order valence-corrected chi connectivity index (χ4v) is 0.494. The third kappa shape index (κ3) is 1.60. The molecule has 0 aromatic heterocycles. The van der Waals surface area contributed by atoms with Crippen LogP contribution >= 0.6 is 0 Å². The van der Waals surface area contributed by atoms with Gasteiger partial charge in [0.25, 0.3) is 0 Å². The van der Waals surface area contributed by atoms with Crippen LogP contribution in [0.15, 0.2) is 15.2 Å². The highest BCUT2D eigenvalue weighted by Gasteiger charge is 2.17. The Morgan fingerprint density at radius 2 is 1.91 bits per heavy atom. The number of aliphatic imine (C=N–C) groups is 1. The van der Waals surface area contributed by atoms with E-state index >= 15 is 0 Å². The van der Waals surface area contributed by atoms with Gasteiger partial charge >= 0.3 is 11.8 Å². The van der Waals surface area contributed by atoms with E-state index in [-0.39, 0.29) is 12.3 Å². The van der Waals surface area contributed by atoms with Crippen molar-refractivity contribution in [1.82, 2.24) is 0 Å². The van der Waals surface area contributed by atoms with Gasteiger partial charge in [0.2, 0.25) is 0 Å². The lowest BCUT2D eigenvalue weighted by Crippen LogP contribution is -2.15. The maximum Gasteiger partial charge on any atom is 0.355 e. The molecule has 2 amide bonds. The highest BCUT2D eigenvalue weighted by atomic mass is 16.2. The van der Waals surface area contributed by atoms with Crippen molar-refractivity contribution in [1.29, 1.82) is 0 Å². The number of carbonyl (C=O) groups excluding carboxylic acids is 3. The van der Waals surface area contributed by atoms with Gasteiger partial charge in [-0.15, -0.1) is 10.2 Å². The molecule has 6 heteroatoms. The molecule has 56 valence electrons. The largest absolute Gasteiger partial charge is 0.355 e. The van der Waals surface area contributed by atoms with Crippen molar-refractivity contribution in [2.45, 2.75) is 6.42 Å². The average Bonchev–Trinajstić information content (AvgIpc) is 1.98. The summed E-state index contributed by atoms with van der Waals surface area (Å²) >= 11 is 0. The zero-order valence-electron chi connectivity index (χ0n) is 5.35. The Kier molecular flexibility index (Phi) is 1.95. The molecule has 1 heterocycles. The second-order valence-corrected chi connectivity index (χ2v) is 1.71. The molecule has 0 fully saturated rings. The predicted molar refractivity (Wildman–Crippen MR) is 33.0 cm³/mol. The molecular weight excluding hydrogens is 150 g/mol. The van der Waals surface area contributed by atoms with Crippen molar-refractivity contribution < 1.29 is 14.4 Å². The van der Waals surface area contributed by atoms with Crippen LogP contribution in [0.5, 0.6) is 0 Å². The number of hydrogen-bond acceptors (Lipinski definition) is 4. The maximum absolute atomic E-state index is 10.5. The van der Waals surface area contributed by atoms with E-state index in [1.807, 2.05) is 0 Å². The third-order valence-electron chi connectivity index (χ3n) is 0.936. The molecule has 0 N–H and O–H groups in total. The summed E-state index contributed by atoms with van der Waals surface area (Å²) in [6, 6.07) is 0. The number of carbonyl (C=O) groups is 3. The summed E-state index contributed by atoms with van der Waals surface area (Å²) in [6.45, 7) is 0. The summed E-state index contributed by atoms with van der Waals surface area (Å²) in [5.74, 6) is -2.00. The first-order valence-corrected chi connectivity index (χ1v) is 2.75. The molecule has 1 aliphatic rings. The van der Waals surface area contributed by atoms with E-state index in [2.05, 4.69) is 15.2 Å². The summed E-state index contributed by atoms with van der Waals surface area (Å²) in [6.07, 6.45) is 0.434. The normalized spacial score (nSPS) is 16.5. The van der Waals surface area contributed by atoms with Gasteiger partial charge in [0.1, 0.15) is 6.29 Å². The summed E-state index contributed by atoms with van der Waals surface area (Å²) in [5.41, 5.74) is 0. The minimum absolute atomic E-state index is 0.0235. The van der Waals surface area contributed by atoms with Crippen LogP contribution in [0.25, 0.3) is 0 Å². The van der Waals surface area contributed by atoms with Crippen LogP contribution in [0.2, 0.25) is 0 Å². The summed E-state index contributed by atoms with van der Waals surface area (Å²) in [5, 5.41) is 6.18. The lowest BCUT2D eigenvalue weighted by molar-refractivity contribution is -0.135. The standard InChI is InChI=1S/C5H3N3O3/c9-2-1-3-6-4(10)5(11)8-7-3/h2H,1H2. The van der Waals surface area contributed by atoms with Gasteiger partial charge in [-0.05, 0) is 0 Å². The first-order chi connectivity index (χ1) is 5.24. The zero-order chi connectivity index (χ0) is 8.27. The first-order valence-electron chi connectivity index (χ1n) is 2.75. The Bertz CT molecular complexity index is 279. The minimum atomic E-state index is -1.00. The van der Waals surface area contributed by atoms with Crippen LogP contribution in [0.4, 0.5) is 0 Å². The fraction of sp³-hybridized carbons (Fsp3) is 0.200. The lowest BCUT2D eigenvalue weighted by Gasteiger charge is -1.95. The van der Waals surface area contributed by atoms with Crippen LogP contribution < -0.4 is 0 Å². The quantitative estimate of drug-likeness (QED) is 0.395. The zero-order valence-corrected chi connectivity index (χ0v) is 5.35. The Morgan fingerprint density at radius 3 is 2.45 bits per heavy atom. The van der Waals surface area contributed by atoms with Crippen LogP contribution in [-0.2, 0) is 14.4 Å². The summed E-state index contributed by atoms with van der Waals surface area (Å²) in [7, 11) is 0. The number of azo groups is 1. The molecule has 6 nitrogen and oxygen atoms in total. The number of rotatable bonds is 2. The molecule has 0 aromatic rings. The Hall–Kier alpha value is -1.72. The highest BCUT2D eigenvalue weighted by Crippen LogP contribution is 1.97. The third-order valence-corrected chi connectivity index (χ3v) is 0.936. The van der Waals surface area contributed by atoms with Crippen molar-refractivity contribution >= 4 is 23.9 Å². The van der Waals surface area contributed by atoms with Gasteiger partial charge < -0.3 is 4.79 Å². The maximum atomic E-state index is 10.5. The molecule has 0 atom stereocenters. The molecule has 0 saturated carbocycles. The Morgan fingerprint density at radius 1 is 1.18 bits per heavy atom. The highest BCUT2D eigenvalue weighted by molar-refractivity contribution is 6.38. The van der Waals surface area contributed by atoms with E-state index < -0.39 is 11.8 Å². The molecule has 1 aliphatic heterocycles. The minimum Gasteiger partial charge on any atom is -0.303 e. The van der Waals surface area contributed by atoms with Crippen LogP contribution in [0.3, 0.4) is 0 Å². The molecule has 11 heavy (non-hydrogen) atoms. The summed E-state index contributed by atoms with van der Waals surface area (Å²) < 4.78 is 0.